The van der Waals surface area contributed by atoms with Crippen molar-refractivity contribution in [3.63, 3.8) is 0 Å². The molecule has 0 aliphatic heterocycles. The second kappa shape index (κ2) is 4.20. The molecule has 0 bridgehead atoms. The van der Waals surface area contributed by atoms with Gasteiger partial charge in [-0.15, -0.1) is 0 Å². The third kappa shape index (κ3) is 1.79. The molecule has 0 saturated heterocycles. The minimum atomic E-state index is -0.980. The lowest BCUT2D eigenvalue weighted by Gasteiger charge is -2.39. The Labute approximate surface area is 99.2 Å². The van der Waals surface area contributed by atoms with Gasteiger partial charge in [0.25, 0.3) is 0 Å². The molecule has 0 spiro atoms. The Bertz CT molecular complexity index is 460. The van der Waals surface area contributed by atoms with E-state index < -0.39 is 11.4 Å². The molecule has 0 unspecified atom stereocenters. The molecule has 1 aromatic rings. The highest BCUT2D eigenvalue weighted by molar-refractivity contribution is 5.89. The first-order chi connectivity index (χ1) is 8.10. The molecule has 1 fully saturated rings. The molecule has 0 radical (unpaired) electrons. The van der Waals surface area contributed by atoms with Crippen molar-refractivity contribution in [2.45, 2.75) is 24.7 Å². The second-order valence-corrected chi connectivity index (χ2v) is 4.31. The van der Waals surface area contributed by atoms with Gasteiger partial charge in [0.15, 0.2) is 0 Å². The largest absolute Gasteiger partial charge is 0.478 e. The predicted octanol–water partition coefficient (Wildman–Crippen LogP) is 1.98. The van der Waals surface area contributed by atoms with E-state index in [0.29, 0.717) is 0 Å². The van der Waals surface area contributed by atoms with Gasteiger partial charge in [-0.1, -0.05) is 18.6 Å². The Morgan fingerprint density at radius 2 is 2.06 bits per heavy atom. The summed E-state index contributed by atoms with van der Waals surface area (Å²) in [6.07, 6.45) is 2.41. The van der Waals surface area contributed by atoms with Crippen LogP contribution >= 0.6 is 0 Å². The van der Waals surface area contributed by atoms with E-state index in [0.717, 1.165) is 24.8 Å². The van der Waals surface area contributed by atoms with Crippen LogP contribution in [0.15, 0.2) is 24.3 Å². The van der Waals surface area contributed by atoms with Gasteiger partial charge < -0.3 is 9.84 Å². The summed E-state index contributed by atoms with van der Waals surface area (Å²) >= 11 is 0. The van der Waals surface area contributed by atoms with Crippen molar-refractivity contribution in [3.8, 4) is 0 Å². The van der Waals surface area contributed by atoms with E-state index in [1.807, 2.05) is 0 Å². The number of ether oxygens (including phenoxy) is 1. The van der Waals surface area contributed by atoms with E-state index in [4.69, 9.17) is 9.84 Å². The lowest BCUT2D eigenvalue weighted by atomic mass is 9.64. The van der Waals surface area contributed by atoms with Crippen molar-refractivity contribution in [1.82, 2.24) is 0 Å². The van der Waals surface area contributed by atoms with Crippen LogP contribution in [0.4, 0.5) is 0 Å². The lowest BCUT2D eigenvalue weighted by Crippen LogP contribution is -2.43. The maximum atomic E-state index is 11.8. The average Bonchev–Trinajstić information content (AvgIpc) is 2.27. The number of carboxylic acid groups (broad SMARTS) is 1. The van der Waals surface area contributed by atoms with Crippen LogP contribution in [0.25, 0.3) is 0 Å². The number of benzene rings is 1. The summed E-state index contributed by atoms with van der Waals surface area (Å²) < 4.78 is 4.83. The summed E-state index contributed by atoms with van der Waals surface area (Å²) in [5.41, 5.74) is 0.327. The quantitative estimate of drug-likeness (QED) is 0.812. The van der Waals surface area contributed by atoms with Gasteiger partial charge in [0, 0.05) is 0 Å². The summed E-state index contributed by atoms with van der Waals surface area (Å²) in [6.45, 7) is 0. The molecule has 0 aromatic heterocycles. The predicted molar refractivity (Wildman–Crippen MR) is 60.9 cm³/mol. The van der Waals surface area contributed by atoms with Crippen molar-refractivity contribution in [2.75, 3.05) is 7.11 Å². The SMILES string of the molecule is COC(=O)C1(c2cccc(C(=O)O)c2)CCC1. The van der Waals surface area contributed by atoms with Crippen LogP contribution in [0.1, 0.15) is 35.2 Å². The molecule has 1 saturated carbocycles. The summed E-state index contributed by atoms with van der Waals surface area (Å²) in [7, 11) is 1.36. The van der Waals surface area contributed by atoms with Gasteiger partial charge in [0.2, 0.25) is 0 Å². The van der Waals surface area contributed by atoms with E-state index in [1.54, 1.807) is 18.2 Å². The number of hydrogen-bond acceptors (Lipinski definition) is 3. The van der Waals surface area contributed by atoms with Gasteiger partial charge in [-0.3, -0.25) is 4.79 Å². The van der Waals surface area contributed by atoms with Gasteiger partial charge in [-0.2, -0.15) is 0 Å². The third-order valence-electron chi connectivity index (χ3n) is 3.45. The summed E-state index contributed by atoms with van der Waals surface area (Å²) in [4.78, 5) is 22.7. The standard InChI is InChI=1S/C13H14O4/c1-17-12(16)13(6-3-7-13)10-5-2-4-9(8-10)11(14)15/h2,4-5,8H,3,6-7H2,1H3,(H,14,15). The van der Waals surface area contributed by atoms with Crippen LogP contribution in [-0.4, -0.2) is 24.2 Å². The van der Waals surface area contributed by atoms with Crippen LogP contribution in [0.3, 0.4) is 0 Å². The van der Waals surface area contributed by atoms with Crippen LogP contribution in [0, 0.1) is 0 Å². The maximum Gasteiger partial charge on any atom is 0.335 e. The monoisotopic (exact) mass is 234 g/mol. The molecule has 2 rings (SSSR count). The molecular weight excluding hydrogens is 220 g/mol. The van der Waals surface area contributed by atoms with E-state index in [-0.39, 0.29) is 11.5 Å². The second-order valence-electron chi connectivity index (χ2n) is 4.31. The van der Waals surface area contributed by atoms with Crippen molar-refractivity contribution >= 4 is 11.9 Å². The number of carboxylic acids is 1. The molecular formula is C13H14O4. The Morgan fingerprint density at radius 1 is 1.35 bits per heavy atom. The maximum absolute atomic E-state index is 11.8. The van der Waals surface area contributed by atoms with Crippen molar-refractivity contribution in [2.24, 2.45) is 0 Å². The highest BCUT2D eigenvalue weighted by atomic mass is 16.5. The summed E-state index contributed by atoms with van der Waals surface area (Å²) in [5.74, 6) is -1.25. The number of carbonyl (C=O) groups excluding carboxylic acids is 1. The Morgan fingerprint density at radius 3 is 2.53 bits per heavy atom. The van der Waals surface area contributed by atoms with Gasteiger partial charge >= 0.3 is 11.9 Å². The highest BCUT2D eigenvalue weighted by Crippen LogP contribution is 2.44. The molecule has 17 heavy (non-hydrogen) atoms. The highest BCUT2D eigenvalue weighted by Gasteiger charge is 2.46. The van der Waals surface area contributed by atoms with Crippen LogP contribution in [0.2, 0.25) is 0 Å². The normalized spacial score (nSPS) is 17.0. The van der Waals surface area contributed by atoms with Crippen molar-refractivity contribution < 1.29 is 19.4 Å². The van der Waals surface area contributed by atoms with E-state index in [9.17, 15) is 9.59 Å². The molecule has 1 N–H and O–H groups in total. The Kier molecular flexibility index (Phi) is 2.88. The van der Waals surface area contributed by atoms with Crippen molar-refractivity contribution in [1.29, 1.82) is 0 Å². The average molecular weight is 234 g/mol. The molecule has 1 aliphatic carbocycles. The first-order valence-corrected chi connectivity index (χ1v) is 5.52. The molecule has 90 valence electrons. The Balaban J connectivity index is 2.41. The van der Waals surface area contributed by atoms with Gasteiger partial charge in [0.05, 0.1) is 18.1 Å². The number of hydrogen-bond donors (Lipinski definition) is 1. The fourth-order valence-corrected chi connectivity index (χ4v) is 2.29. The number of aromatic carboxylic acids is 1. The van der Waals surface area contributed by atoms with Crippen LogP contribution in [0.5, 0.6) is 0 Å². The fraction of sp³-hybridized carbons (Fsp3) is 0.385. The molecule has 1 aromatic carbocycles. The summed E-state index contributed by atoms with van der Waals surface area (Å²) in [5, 5.41) is 8.95. The number of carbonyl (C=O) groups is 2. The first kappa shape index (κ1) is 11.6. The van der Waals surface area contributed by atoms with Gasteiger partial charge in [-0.05, 0) is 30.5 Å². The van der Waals surface area contributed by atoms with E-state index in [2.05, 4.69) is 0 Å². The summed E-state index contributed by atoms with van der Waals surface area (Å²) in [6, 6.07) is 6.55. The first-order valence-electron chi connectivity index (χ1n) is 5.52. The van der Waals surface area contributed by atoms with Crippen molar-refractivity contribution in [3.05, 3.63) is 35.4 Å². The van der Waals surface area contributed by atoms with Crippen LogP contribution in [-0.2, 0) is 14.9 Å². The fourth-order valence-electron chi connectivity index (χ4n) is 2.29. The zero-order valence-corrected chi connectivity index (χ0v) is 9.60. The van der Waals surface area contributed by atoms with Gasteiger partial charge in [-0.25, -0.2) is 4.79 Å². The minimum Gasteiger partial charge on any atom is -0.478 e. The Hall–Kier alpha value is -1.84. The van der Waals surface area contributed by atoms with E-state index >= 15 is 0 Å². The third-order valence-corrected chi connectivity index (χ3v) is 3.45. The van der Waals surface area contributed by atoms with Gasteiger partial charge in [0.1, 0.15) is 0 Å². The molecule has 0 heterocycles. The number of rotatable bonds is 3. The van der Waals surface area contributed by atoms with Crippen LogP contribution < -0.4 is 0 Å². The topological polar surface area (TPSA) is 63.6 Å². The molecule has 0 amide bonds. The smallest absolute Gasteiger partial charge is 0.335 e. The van der Waals surface area contributed by atoms with E-state index in [1.165, 1.54) is 13.2 Å². The zero-order chi connectivity index (χ0) is 12.5. The zero-order valence-electron chi connectivity index (χ0n) is 9.60. The number of methoxy groups -OCH3 is 1. The molecule has 4 nitrogen and oxygen atoms in total. The molecule has 0 atom stereocenters. The lowest BCUT2D eigenvalue weighted by molar-refractivity contribution is -0.151. The minimum absolute atomic E-state index is 0.206. The molecule has 4 heteroatoms. The molecule has 1 aliphatic rings. The number of esters is 1.